The lowest BCUT2D eigenvalue weighted by Crippen LogP contribution is -2.52. The number of hydrogen-bond acceptors (Lipinski definition) is 9. The van der Waals surface area contributed by atoms with Crippen molar-refractivity contribution in [1.82, 2.24) is 19.6 Å². The number of halogens is 1. The third kappa shape index (κ3) is 6.54. The maximum absolute atomic E-state index is 13.1. The van der Waals surface area contributed by atoms with Crippen molar-refractivity contribution in [1.29, 1.82) is 0 Å². The van der Waals surface area contributed by atoms with Gasteiger partial charge in [-0.25, -0.2) is 18.9 Å². The van der Waals surface area contributed by atoms with Gasteiger partial charge in [-0.1, -0.05) is 0 Å². The minimum Gasteiger partial charge on any atom is -0.393 e. The second-order valence-electron chi connectivity index (χ2n) is 11.7. The fourth-order valence-corrected chi connectivity index (χ4v) is 5.56. The number of alkyl halides is 1. The molecule has 1 saturated carbocycles. The highest BCUT2D eigenvalue weighted by Crippen LogP contribution is 2.38. The highest BCUT2D eigenvalue weighted by molar-refractivity contribution is 5.82. The van der Waals surface area contributed by atoms with E-state index < -0.39 is 12.0 Å². The molecule has 2 fully saturated rings. The normalized spacial score (nSPS) is 23.8. The number of fused-ring (bicyclic) bond motifs is 1. The number of morpholine rings is 1. The fourth-order valence-electron chi connectivity index (χ4n) is 5.56. The van der Waals surface area contributed by atoms with Crippen molar-refractivity contribution in [3.63, 3.8) is 0 Å². The molecule has 10 nitrogen and oxygen atoms in total. The largest absolute Gasteiger partial charge is 0.393 e. The second-order valence-corrected chi connectivity index (χ2v) is 11.7. The van der Waals surface area contributed by atoms with Crippen molar-refractivity contribution in [3.8, 4) is 11.1 Å². The SMILES string of the molecule is CC(F)OC[C@H](C)Nc1ncc2c(-c3ccnc(N4CCOC(C(C)(C)O)C4)c3)cc(C3CCC(O)CC3)n2n1. The highest BCUT2D eigenvalue weighted by Gasteiger charge is 2.33. The van der Waals surface area contributed by atoms with Gasteiger partial charge in [-0.3, -0.25) is 0 Å². The van der Waals surface area contributed by atoms with Gasteiger partial charge in [-0.05, 0) is 77.1 Å². The lowest BCUT2D eigenvalue weighted by atomic mass is 9.85. The molecule has 1 aliphatic carbocycles. The molecule has 1 aliphatic heterocycles. The van der Waals surface area contributed by atoms with E-state index in [0.717, 1.165) is 53.8 Å². The van der Waals surface area contributed by atoms with E-state index in [4.69, 9.17) is 14.6 Å². The number of aliphatic hydroxyl groups excluding tert-OH is 1. The van der Waals surface area contributed by atoms with Gasteiger partial charge in [0.05, 0.1) is 36.6 Å². The van der Waals surface area contributed by atoms with Gasteiger partial charge in [-0.2, -0.15) is 0 Å². The molecule has 40 heavy (non-hydrogen) atoms. The third-order valence-corrected chi connectivity index (χ3v) is 7.85. The van der Waals surface area contributed by atoms with E-state index in [0.29, 0.717) is 25.6 Å². The van der Waals surface area contributed by atoms with E-state index in [1.54, 1.807) is 13.8 Å². The summed E-state index contributed by atoms with van der Waals surface area (Å²) in [6, 6.07) is 6.07. The first-order chi connectivity index (χ1) is 19.1. The Morgan fingerprint density at radius 2 is 1.98 bits per heavy atom. The number of pyridine rings is 1. The molecule has 218 valence electrons. The number of aromatic nitrogens is 4. The van der Waals surface area contributed by atoms with Crippen LogP contribution in [0.25, 0.3) is 16.6 Å². The summed E-state index contributed by atoms with van der Waals surface area (Å²) in [6.45, 7) is 8.74. The van der Waals surface area contributed by atoms with Crippen LogP contribution in [0.4, 0.5) is 16.2 Å². The van der Waals surface area contributed by atoms with E-state index in [2.05, 4.69) is 32.3 Å². The number of aliphatic hydroxyl groups is 2. The van der Waals surface area contributed by atoms with Gasteiger partial charge in [0.1, 0.15) is 11.9 Å². The van der Waals surface area contributed by atoms with Gasteiger partial charge >= 0.3 is 0 Å². The zero-order chi connectivity index (χ0) is 28.4. The number of nitrogens with zero attached hydrogens (tertiary/aromatic N) is 5. The average Bonchev–Trinajstić information content (AvgIpc) is 3.31. The maximum Gasteiger partial charge on any atom is 0.241 e. The van der Waals surface area contributed by atoms with Gasteiger partial charge < -0.3 is 29.9 Å². The van der Waals surface area contributed by atoms with E-state index in [-0.39, 0.29) is 30.8 Å². The summed E-state index contributed by atoms with van der Waals surface area (Å²) >= 11 is 0. The van der Waals surface area contributed by atoms with Crippen LogP contribution in [0.5, 0.6) is 0 Å². The molecule has 2 unspecified atom stereocenters. The van der Waals surface area contributed by atoms with Crippen molar-refractivity contribution in [2.45, 2.75) is 89.5 Å². The van der Waals surface area contributed by atoms with Crippen LogP contribution in [0, 0.1) is 0 Å². The molecule has 3 aromatic heterocycles. The first-order valence-electron chi connectivity index (χ1n) is 14.2. The van der Waals surface area contributed by atoms with E-state index in [1.807, 2.05) is 29.9 Å². The van der Waals surface area contributed by atoms with Crippen LogP contribution < -0.4 is 10.2 Å². The molecule has 0 radical (unpaired) electrons. The molecular weight excluding hydrogens is 515 g/mol. The third-order valence-electron chi connectivity index (χ3n) is 7.85. The van der Waals surface area contributed by atoms with Crippen LogP contribution in [0.2, 0.25) is 0 Å². The van der Waals surface area contributed by atoms with Crippen LogP contribution in [0.15, 0.2) is 30.6 Å². The number of nitrogens with one attached hydrogen (secondary N) is 1. The molecule has 1 saturated heterocycles. The maximum atomic E-state index is 13.1. The summed E-state index contributed by atoms with van der Waals surface area (Å²) in [5, 5.41) is 28.7. The lowest BCUT2D eigenvalue weighted by molar-refractivity contribution is -0.0929. The Morgan fingerprint density at radius 1 is 1.20 bits per heavy atom. The van der Waals surface area contributed by atoms with Crippen molar-refractivity contribution in [3.05, 3.63) is 36.3 Å². The molecule has 3 aromatic rings. The Hall–Kier alpha value is -2.86. The lowest BCUT2D eigenvalue weighted by Gasteiger charge is -2.39. The van der Waals surface area contributed by atoms with E-state index in [1.165, 1.54) is 6.92 Å². The van der Waals surface area contributed by atoms with Crippen molar-refractivity contribution < 1.29 is 24.1 Å². The number of ether oxygens (including phenoxy) is 2. The summed E-state index contributed by atoms with van der Waals surface area (Å²) in [6.07, 6.45) is 5.01. The summed E-state index contributed by atoms with van der Waals surface area (Å²) in [5.74, 6) is 1.52. The van der Waals surface area contributed by atoms with Crippen molar-refractivity contribution in [2.75, 3.05) is 36.5 Å². The minimum atomic E-state index is -1.34. The topological polar surface area (TPSA) is 117 Å². The smallest absolute Gasteiger partial charge is 0.241 e. The second kappa shape index (κ2) is 11.9. The van der Waals surface area contributed by atoms with Crippen LogP contribution >= 0.6 is 0 Å². The molecular formula is C29H41FN6O4. The zero-order valence-corrected chi connectivity index (χ0v) is 23.8. The zero-order valence-electron chi connectivity index (χ0n) is 23.8. The van der Waals surface area contributed by atoms with Gasteiger partial charge in [0.25, 0.3) is 0 Å². The Balaban J connectivity index is 1.48. The summed E-state index contributed by atoms with van der Waals surface area (Å²) in [5.41, 5.74) is 3.01. The Morgan fingerprint density at radius 3 is 2.70 bits per heavy atom. The van der Waals surface area contributed by atoms with E-state index in [9.17, 15) is 14.6 Å². The highest BCUT2D eigenvalue weighted by atomic mass is 19.1. The van der Waals surface area contributed by atoms with Crippen molar-refractivity contribution in [2.24, 2.45) is 0 Å². The first kappa shape index (κ1) is 28.7. The van der Waals surface area contributed by atoms with Crippen LogP contribution in [0.1, 0.15) is 65.0 Å². The van der Waals surface area contributed by atoms with Crippen LogP contribution in [-0.4, -0.2) is 86.3 Å². The predicted molar refractivity (Wildman–Crippen MR) is 151 cm³/mol. The van der Waals surface area contributed by atoms with Gasteiger partial charge in [0.2, 0.25) is 5.95 Å². The molecule has 0 aromatic carbocycles. The summed E-state index contributed by atoms with van der Waals surface area (Å²) in [4.78, 5) is 11.4. The van der Waals surface area contributed by atoms with Gasteiger partial charge in [0, 0.05) is 42.5 Å². The molecule has 0 amide bonds. The number of rotatable bonds is 9. The molecule has 3 N–H and O–H groups in total. The van der Waals surface area contributed by atoms with Crippen molar-refractivity contribution >= 4 is 17.3 Å². The van der Waals surface area contributed by atoms with Crippen LogP contribution in [-0.2, 0) is 9.47 Å². The summed E-state index contributed by atoms with van der Waals surface area (Å²) in [7, 11) is 0. The quantitative estimate of drug-likeness (QED) is 0.361. The Kier molecular flexibility index (Phi) is 8.55. The monoisotopic (exact) mass is 556 g/mol. The minimum absolute atomic E-state index is 0.178. The van der Waals surface area contributed by atoms with Crippen LogP contribution in [0.3, 0.4) is 0 Å². The predicted octanol–water partition coefficient (Wildman–Crippen LogP) is 3.92. The molecule has 0 bridgehead atoms. The number of anilines is 2. The molecule has 11 heteroatoms. The van der Waals surface area contributed by atoms with Gasteiger partial charge in [0.15, 0.2) is 6.36 Å². The molecule has 3 atom stereocenters. The molecule has 2 aliphatic rings. The number of hydrogen-bond donors (Lipinski definition) is 3. The Labute approximate surface area is 234 Å². The van der Waals surface area contributed by atoms with Gasteiger partial charge in [-0.15, -0.1) is 5.10 Å². The fraction of sp³-hybridized carbons (Fsp3) is 0.621. The first-order valence-corrected chi connectivity index (χ1v) is 14.2. The molecule has 0 spiro atoms. The molecule has 5 rings (SSSR count). The molecule has 4 heterocycles. The van der Waals surface area contributed by atoms with E-state index >= 15 is 0 Å². The Bertz CT molecular complexity index is 1290. The summed E-state index contributed by atoms with van der Waals surface area (Å²) < 4.78 is 26.0. The standard InChI is InChI=1S/C29H41FN6O4/c1-18(17-40-19(2)30)33-28-32-15-25-23(14-24(36(25)34-28)20-5-7-22(37)8-6-20)21-9-10-31-27(13-21)35-11-12-39-26(16-35)29(3,4)38/h9-10,13-15,18-20,22,26,37-38H,5-8,11-12,16-17H2,1-4H3,(H,33,34)/t18-,19?,20?,22?,26?/m0/s1. The average molecular weight is 557 g/mol.